The van der Waals surface area contributed by atoms with Crippen LogP contribution in [0.5, 0.6) is 0 Å². The highest BCUT2D eigenvalue weighted by Crippen LogP contribution is 2.25. The Hall–Kier alpha value is -3.42. The van der Waals surface area contributed by atoms with Crippen molar-refractivity contribution >= 4 is 28.9 Å². The molecule has 0 heterocycles. The molecule has 0 unspecified atom stereocenters. The Kier molecular flexibility index (Phi) is 7.08. The van der Waals surface area contributed by atoms with E-state index in [1.165, 1.54) is 12.1 Å². The van der Waals surface area contributed by atoms with Crippen LogP contribution in [0.15, 0.2) is 42.5 Å². The summed E-state index contributed by atoms with van der Waals surface area (Å²) in [5, 5.41) is 19.4. The Balaban J connectivity index is 1.89. The zero-order valence-corrected chi connectivity index (χ0v) is 16.1. The summed E-state index contributed by atoms with van der Waals surface area (Å²) in [5.74, 6) is -0.442. The van der Waals surface area contributed by atoms with Crippen LogP contribution in [0.1, 0.15) is 25.0 Å². The number of aryl methyl sites for hydroxylation is 1. The second kappa shape index (κ2) is 9.50. The molecule has 0 bridgehead atoms. The van der Waals surface area contributed by atoms with Gasteiger partial charge in [0.1, 0.15) is 5.69 Å². The number of rotatable bonds is 8. The molecule has 0 atom stereocenters. The van der Waals surface area contributed by atoms with Crippen molar-refractivity contribution in [3.05, 3.63) is 63.7 Å². The predicted molar refractivity (Wildman–Crippen MR) is 108 cm³/mol. The molecular formula is C20H24N4O4. The van der Waals surface area contributed by atoms with Crippen LogP contribution in [0.4, 0.5) is 17.1 Å². The summed E-state index contributed by atoms with van der Waals surface area (Å²) in [6.07, 6.45) is 0.288. The minimum absolute atomic E-state index is 0.0434. The lowest BCUT2D eigenvalue weighted by atomic mass is 10.1. The first-order chi connectivity index (χ1) is 13.2. The molecule has 0 aliphatic carbocycles. The molecule has 0 aromatic heterocycles. The third-order valence-corrected chi connectivity index (χ3v) is 3.85. The van der Waals surface area contributed by atoms with Crippen molar-refractivity contribution in [1.29, 1.82) is 0 Å². The molecule has 0 radical (unpaired) electrons. The number of nitro benzene ring substituents is 1. The van der Waals surface area contributed by atoms with Gasteiger partial charge in [0.15, 0.2) is 0 Å². The monoisotopic (exact) mass is 384 g/mol. The molecule has 8 heteroatoms. The number of nitrogens with zero attached hydrogens (tertiary/aromatic N) is 1. The molecule has 0 fully saturated rings. The second-order valence-corrected chi connectivity index (χ2v) is 6.78. The zero-order valence-electron chi connectivity index (χ0n) is 16.1. The topological polar surface area (TPSA) is 113 Å². The van der Waals surface area contributed by atoms with E-state index in [-0.39, 0.29) is 36.3 Å². The first-order valence-electron chi connectivity index (χ1n) is 8.91. The fourth-order valence-corrected chi connectivity index (χ4v) is 2.57. The smallest absolute Gasteiger partial charge is 0.293 e. The van der Waals surface area contributed by atoms with Crippen LogP contribution in [-0.2, 0) is 16.0 Å². The maximum absolute atomic E-state index is 12.1. The van der Waals surface area contributed by atoms with Crippen LogP contribution in [-0.4, -0.2) is 29.3 Å². The molecule has 2 rings (SSSR count). The van der Waals surface area contributed by atoms with Crippen molar-refractivity contribution in [2.24, 2.45) is 0 Å². The van der Waals surface area contributed by atoms with Gasteiger partial charge in [-0.1, -0.05) is 18.2 Å². The Labute approximate surface area is 163 Å². The van der Waals surface area contributed by atoms with E-state index in [0.717, 1.165) is 11.1 Å². The maximum atomic E-state index is 12.1. The van der Waals surface area contributed by atoms with E-state index >= 15 is 0 Å². The standard InChI is InChI=1S/C20H24N4O4/c1-13(2)22-19(25)11-15-5-7-16(8-6-15)21-12-20(26)23-17-9-4-14(3)10-18(17)24(27)28/h4-10,13,21H,11-12H2,1-3H3,(H,22,25)(H,23,26). The van der Waals surface area contributed by atoms with E-state index in [0.29, 0.717) is 5.69 Å². The third-order valence-electron chi connectivity index (χ3n) is 3.85. The van der Waals surface area contributed by atoms with Crippen molar-refractivity contribution < 1.29 is 14.5 Å². The molecule has 148 valence electrons. The number of hydrogen-bond acceptors (Lipinski definition) is 5. The van der Waals surface area contributed by atoms with Gasteiger partial charge in [0, 0.05) is 17.8 Å². The van der Waals surface area contributed by atoms with Crippen LogP contribution in [0.2, 0.25) is 0 Å². The molecule has 3 N–H and O–H groups in total. The van der Waals surface area contributed by atoms with Gasteiger partial charge < -0.3 is 16.0 Å². The van der Waals surface area contributed by atoms with Crippen molar-refractivity contribution in [3.8, 4) is 0 Å². The van der Waals surface area contributed by atoms with Crippen molar-refractivity contribution in [2.45, 2.75) is 33.2 Å². The van der Waals surface area contributed by atoms with Crippen LogP contribution < -0.4 is 16.0 Å². The van der Waals surface area contributed by atoms with E-state index in [9.17, 15) is 19.7 Å². The van der Waals surface area contributed by atoms with E-state index in [1.807, 2.05) is 26.0 Å². The van der Waals surface area contributed by atoms with Crippen LogP contribution in [0, 0.1) is 17.0 Å². The van der Waals surface area contributed by atoms with Crippen molar-refractivity contribution in [2.75, 3.05) is 17.2 Å². The molecule has 0 aliphatic heterocycles. The van der Waals surface area contributed by atoms with Crippen molar-refractivity contribution in [1.82, 2.24) is 5.32 Å². The average molecular weight is 384 g/mol. The van der Waals surface area contributed by atoms with Gasteiger partial charge in [-0.05, 0) is 50.1 Å². The highest BCUT2D eigenvalue weighted by molar-refractivity contribution is 5.95. The van der Waals surface area contributed by atoms with Gasteiger partial charge in [-0.25, -0.2) is 0 Å². The van der Waals surface area contributed by atoms with Crippen LogP contribution in [0.25, 0.3) is 0 Å². The lowest BCUT2D eigenvalue weighted by Gasteiger charge is -2.10. The number of nitrogens with one attached hydrogen (secondary N) is 3. The summed E-state index contributed by atoms with van der Waals surface area (Å²) < 4.78 is 0. The zero-order chi connectivity index (χ0) is 20.7. The molecule has 2 aromatic rings. The van der Waals surface area contributed by atoms with E-state index in [2.05, 4.69) is 16.0 Å². The fraction of sp³-hybridized carbons (Fsp3) is 0.300. The Bertz CT molecular complexity index is 863. The lowest BCUT2D eigenvalue weighted by molar-refractivity contribution is -0.384. The van der Waals surface area contributed by atoms with Gasteiger partial charge in [-0.2, -0.15) is 0 Å². The predicted octanol–water partition coefficient (Wildman–Crippen LogP) is 3.02. The number of benzene rings is 2. The Morgan fingerprint density at radius 1 is 1.07 bits per heavy atom. The summed E-state index contributed by atoms with van der Waals surface area (Å²) in [4.78, 5) is 34.5. The summed E-state index contributed by atoms with van der Waals surface area (Å²) in [6.45, 7) is 5.51. The normalized spacial score (nSPS) is 10.4. The molecule has 28 heavy (non-hydrogen) atoms. The lowest BCUT2D eigenvalue weighted by Crippen LogP contribution is -2.31. The van der Waals surface area contributed by atoms with Gasteiger partial charge >= 0.3 is 0 Å². The quantitative estimate of drug-likeness (QED) is 0.478. The minimum Gasteiger partial charge on any atom is -0.376 e. The Morgan fingerprint density at radius 2 is 1.75 bits per heavy atom. The number of anilines is 2. The molecule has 0 saturated heterocycles. The molecule has 2 amide bonds. The van der Waals surface area contributed by atoms with Crippen LogP contribution >= 0.6 is 0 Å². The summed E-state index contributed by atoms with van der Waals surface area (Å²) in [5.41, 5.74) is 2.33. The maximum Gasteiger partial charge on any atom is 0.293 e. The summed E-state index contributed by atoms with van der Waals surface area (Å²) in [7, 11) is 0. The molecule has 8 nitrogen and oxygen atoms in total. The second-order valence-electron chi connectivity index (χ2n) is 6.78. The molecule has 0 aliphatic rings. The average Bonchev–Trinajstić information content (AvgIpc) is 2.61. The number of amides is 2. The minimum atomic E-state index is -0.524. The first kappa shape index (κ1) is 20.9. The number of carbonyl (C=O) groups is 2. The molecule has 0 spiro atoms. The molecule has 0 saturated carbocycles. The van der Waals surface area contributed by atoms with Gasteiger partial charge in [0.25, 0.3) is 5.69 Å². The van der Waals surface area contributed by atoms with E-state index < -0.39 is 10.8 Å². The number of nitro groups is 1. The number of hydrogen-bond donors (Lipinski definition) is 3. The molecule has 2 aromatic carbocycles. The fourth-order valence-electron chi connectivity index (χ4n) is 2.57. The highest BCUT2D eigenvalue weighted by atomic mass is 16.6. The van der Waals surface area contributed by atoms with Crippen LogP contribution in [0.3, 0.4) is 0 Å². The summed E-state index contributed by atoms with van der Waals surface area (Å²) in [6, 6.07) is 11.9. The van der Waals surface area contributed by atoms with Crippen molar-refractivity contribution in [3.63, 3.8) is 0 Å². The third kappa shape index (κ3) is 6.39. The number of carbonyl (C=O) groups excluding carboxylic acids is 2. The largest absolute Gasteiger partial charge is 0.376 e. The van der Waals surface area contributed by atoms with Gasteiger partial charge in [-0.15, -0.1) is 0 Å². The van der Waals surface area contributed by atoms with E-state index in [1.54, 1.807) is 25.1 Å². The van der Waals surface area contributed by atoms with E-state index in [4.69, 9.17) is 0 Å². The van der Waals surface area contributed by atoms with Gasteiger partial charge in [0.2, 0.25) is 11.8 Å². The SMILES string of the molecule is Cc1ccc(NC(=O)CNc2ccc(CC(=O)NC(C)C)cc2)c([N+](=O)[O-])c1. The Morgan fingerprint density at radius 3 is 2.36 bits per heavy atom. The first-order valence-corrected chi connectivity index (χ1v) is 8.91. The van der Waals surface area contributed by atoms with Gasteiger partial charge in [0.05, 0.1) is 17.9 Å². The summed E-state index contributed by atoms with van der Waals surface area (Å²) >= 11 is 0. The van der Waals surface area contributed by atoms with Gasteiger partial charge in [-0.3, -0.25) is 19.7 Å². The highest BCUT2D eigenvalue weighted by Gasteiger charge is 2.15. The molecular weight excluding hydrogens is 360 g/mol.